The van der Waals surface area contributed by atoms with Crippen LogP contribution in [-0.2, 0) is 10.0 Å². The molecule has 120 valence electrons. The van der Waals surface area contributed by atoms with Crippen molar-refractivity contribution in [2.75, 3.05) is 7.11 Å². The molecule has 0 radical (unpaired) electrons. The topological polar surface area (TPSA) is 55.4 Å². The van der Waals surface area contributed by atoms with Crippen LogP contribution in [0.5, 0.6) is 5.75 Å². The predicted octanol–water partition coefficient (Wildman–Crippen LogP) is 3.45. The molecule has 0 amide bonds. The summed E-state index contributed by atoms with van der Waals surface area (Å²) in [6.07, 6.45) is 0. The van der Waals surface area contributed by atoms with Gasteiger partial charge in [0, 0.05) is 6.04 Å². The van der Waals surface area contributed by atoms with Gasteiger partial charge in [0.15, 0.2) is 0 Å². The van der Waals surface area contributed by atoms with Gasteiger partial charge >= 0.3 is 0 Å². The number of rotatable bonds is 6. The van der Waals surface area contributed by atoms with Gasteiger partial charge in [0.2, 0.25) is 10.0 Å². The molecule has 0 aromatic heterocycles. The molecule has 21 heavy (non-hydrogen) atoms. The first-order chi connectivity index (χ1) is 9.60. The zero-order valence-corrected chi connectivity index (χ0v) is 14.8. The van der Waals surface area contributed by atoms with Crippen molar-refractivity contribution in [2.45, 2.75) is 58.4 Å². The van der Waals surface area contributed by atoms with Crippen molar-refractivity contribution in [3.05, 3.63) is 23.3 Å². The summed E-state index contributed by atoms with van der Waals surface area (Å²) in [5, 5.41) is 0. The molecular formula is C16H27NO3S. The smallest absolute Gasteiger partial charge is 0.241 e. The predicted molar refractivity (Wildman–Crippen MR) is 86.4 cm³/mol. The van der Waals surface area contributed by atoms with Crippen molar-refractivity contribution in [2.24, 2.45) is 5.92 Å². The first kappa shape index (κ1) is 18.0. The lowest BCUT2D eigenvalue weighted by molar-refractivity contribution is 0.406. The Morgan fingerprint density at radius 1 is 1.10 bits per heavy atom. The van der Waals surface area contributed by atoms with Crippen molar-refractivity contribution >= 4 is 10.0 Å². The van der Waals surface area contributed by atoms with Crippen LogP contribution < -0.4 is 9.46 Å². The summed E-state index contributed by atoms with van der Waals surface area (Å²) in [6.45, 7) is 11.7. The van der Waals surface area contributed by atoms with Gasteiger partial charge in [0.25, 0.3) is 0 Å². The van der Waals surface area contributed by atoms with Gasteiger partial charge < -0.3 is 4.74 Å². The van der Waals surface area contributed by atoms with Crippen LogP contribution in [0.3, 0.4) is 0 Å². The average Bonchev–Trinajstić information content (AvgIpc) is 2.36. The van der Waals surface area contributed by atoms with Gasteiger partial charge in [0.1, 0.15) is 5.75 Å². The fourth-order valence-electron chi connectivity index (χ4n) is 2.04. The number of ether oxygens (including phenoxy) is 1. The van der Waals surface area contributed by atoms with Crippen LogP contribution in [0, 0.1) is 12.8 Å². The van der Waals surface area contributed by atoms with Crippen LogP contribution >= 0.6 is 0 Å². The highest BCUT2D eigenvalue weighted by Crippen LogP contribution is 2.31. The van der Waals surface area contributed by atoms with E-state index < -0.39 is 10.0 Å². The van der Waals surface area contributed by atoms with E-state index in [9.17, 15) is 8.42 Å². The Labute approximate surface area is 129 Å². The number of sulfonamides is 1. The quantitative estimate of drug-likeness (QED) is 0.875. The van der Waals surface area contributed by atoms with Crippen LogP contribution in [0.2, 0.25) is 0 Å². The van der Waals surface area contributed by atoms with E-state index in [2.05, 4.69) is 4.72 Å². The van der Waals surface area contributed by atoms with Crippen molar-refractivity contribution in [1.29, 1.82) is 0 Å². The number of methoxy groups -OCH3 is 1. The van der Waals surface area contributed by atoms with Crippen molar-refractivity contribution in [1.82, 2.24) is 4.72 Å². The summed E-state index contributed by atoms with van der Waals surface area (Å²) in [5.74, 6) is 1.17. The number of benzene rings is 1. The van der Waals surface area contributed by atoms with Crippen molar-refractivity contribution < 1.29 is 13.2 Å². The fourth-order valence-corrected chi connectivity index (χ4v) is 3.69. The lowest BCUT2D eigenvalue weighted by Gasteiger charge is -2.20. The molecule has 5 heteroatoms. The monoisotopic (exact) mass is 313 g/mol. The maximum absolute atomic E-state index is 12.6. The summed E-state index contributed by atoms with van der Waals surface area (Å²) in [5.41, 5.74) is 1.60. The standard InChI is InChI=1S/C16H27NO3S/c1-10(2)13(6)17-21(18,19)16-9-14(11(3)4)15(20-7)8-12(16)5/h8-11,13,17H,1-7H3/t13-/m1/s1. The maximum Gasteiger partial charge on any atom is 0.241 e. The summed E-state index contributed by atoms with van der Waals surface area (Å²) >= 11 is 0. The lowest BCUT2D eigenvalue weighted by atomic mass is 10.0. The summed E-state index contributed by atoms with van der Waals surface area (Å²) in [7, 11) is -1.92. The Morgan fingerprint density at radius 3 is 2.10 bits per heavy atom. The van der Waals surface area contributed by atoms with Crippen LogP contribution in [0.4, 0.5) is 0 Å². The van der Waals surface area contributed by atoms with Gasteiger partial charge in [-0.2, -0.15) is 0 Å². The first-order valence-electron chi connectivity index (χ1n) is 7.31. The molecule has 0 bridgehead atoms. The largest absolute Gasteiger partial charge is 0.496 e. The van der Waals surface area contributed by atoms with Gasteiger partial charge in [-0.05, 0) is 48.9 Å². The SMILES string of the molecule is COc1cc(C)c(S(=O)(=O)N[C@H](C)C(C)C)cc1C(C)C. The average molecular weight is 313 g/mol. The van der Waals surface area contributed by atoms with Crippen LogP contribution in [0.1, 0.15) is 51.7 Å². The lowest BCUT2D eigenvalue weighted by Crippen LogP contribution is -2.36. The van der Waals surface area contributed by atoms with E-state index in [4.69, 9.17) is 4.74 Å². The van der Waals surface area contributed by atoms with Crippen LogP contribution in [0.25, 0.3) is 0 Å². The van der Waals surface area contributed by atoms with Gasteiger partial charge in [-0.3, -0.25) is 0 Å². The molecule has 0 aliphatic heterocycles. The second-order valence-electron chi connectivity index (χ2n) is 6.17. The van der Waals surface area contributed by atoms with E-state index in [1.807, 2.05) is 34.6 Å². The van der Waals surface area contributed by atoms with Crippen LogP contribution in [-0.4, -0.2) is 21.6 Å². The minimum absolute atomic E-state index is 0.112. The third-order valence-electron chi connectivity index (χ3n) is 3.78. The summed E-state index contributed by atoms with van der Waals surface area (Å²) in [6, 6.07) is 3.41. The molecule has 1 aromatic rings. The molecule has 0 aliphatic rings. The van der Waals surface area contributed by atoms with Gasteiger partial charge in [-0.25, -0.2) is 13.1 Å². The third kappa shape index (κ3) is 4.20. The van der Waals surface area contributed by atoms with Crippen LogP contribution in [0.15, 0.2) is 17.0 Å². The number of hydrogen-bond donors (Lipinski definition) is 1. The molecule has 1 N–H and O–H groups in total. The highest BCUT2D eigenvalue weighted by atomic mass is 32.2. The van der Waals surface area contributed by atoms with E-state index in [-0.39, 0.29) is 17.9 Å². The fraction of sp³-hybridized carbons (Fsp3) is 0.625. The highest BCUT2D eigenvalue weighted by molar-refractivity contribution is 7.89. The van der Waals surface area contributed by atoms with E-state index in [1.54, 1.807) is 26.2 Å². The summed E-state index contributed by atoms with van der Waals surface area (Å²) in [4.78, 5) is 0.333. The van der Waals surface area contributed by atoms with E-state index in [0.29, 0.717) is 10.5 Å². The molecule has 4 nitrogen and oxygen atoms in total. The highest BCUT2D eigenvalue weighted by Gasteiger charge is 2.23. The summed E-state index contributed by atoms with van der Waals surface area (Å²) < 4.78 is 33.3. The number of hydrogen-bond acceptors (Lipinski definition) is 3. The molecule has 0 unspecified atom stereocenters. The first-order valence-corrected chi connectivity index (χ1v) is 8.79. The molecular weight excluding hydrogens is 286 g/mol. The minimum Gasteiger partial charge on any atom is -0.496 e. The maximum atomic E-state index is 12.6. The molecule has 0 saturated carbocycles. The van der Waals surface area contributed by atoms with Gasteiger partial charge in [0.05, 0.1) is 12.0 Å². The molecule has 0 saturated heterocycles. The normalized spacial score (nSPS) is 13.8. The van der Waals surface area contributed by atoms with E-state index in [1.165, 1.54) is 0 Å². The minimum atomic E-state index is -3.52. The van der Waals surface area contributed by atoms with Crippen molar-refractivity contribution in [3.63, 3.8) is 0 Å². The molecule has 1 rings (SSSR count). The molecule has 1 atom stereocenters. The Bertz CT molecular complexity index is 592. The second kappa shape index (κ2) is 6.79. The number of nitrogens with one attached hydrogen (secondary N) is 1. The van der Waals surface area contributed by atoms with E-state index >= 15 is 0 Å². The molecule has 0 heterocycles. The second-order valence-corrected chi connectivity index (χ2v) is 7.85. The Morgan fingerprint density at radius 2 is 1.67 bits per heavy atom. The Balaban J connectivity index is 3.33. The van der Waals surface area contributed by atoms with Crippen molar-refractivity contribution in [3.8, 4) is 5.75 Å². The van der Waals surface area contributed by atoms with Gasteiger partial charge in [-0.1, -0.05) is 27.7 Å². The molecule has 0 spiro atoms. The van der Waals surface area contributed by atoms with E-state index in [0.717, 1.165) is 11.3 Å². The molecule has 0 fully saturated rings. The molecule has 1 aromatic carbocycles. The Kier molecular flexibility index (Phi) is 5.82. The third-order valence-corrected chi connectivity index (χ3v) is 5.48. The van der Waals surface area contributed by atoms with Gasteiger partial charge in [-0.15, -0.1) is 0 Å². The Hall–Kier alpha value is -1.07. The zero-order valence-electron chi connectivity index (χ0n) is 14.0. The number of aryl methyl sites for hydroxylation is 1. The zero-order chi connectivity index (χ0) is 16.4. The molecule has 0 aliphatic carbocycles.